The average Bonchev–Trinajstić information content (AvgIpc) is 2.26. The molecule has 0 saturated carbocycles. The van der Waals surface area contributed by atoms with Crippen LogP contribution in [0.3, 0.4) is 0 Å². The van der Waals surface area contributed by atoms with Gasteiger partial charge in [-0.3, -0.25) is 0 Å². The van der Waals surface area contributed by atoms with Gasteiger partial charge in [-0.15, -0.1) is 0 Å². The zero-order valence-corrected chi connectivity index (χ0v) is 10.4. The molecule has 7 heteroatoms. The third-order valence-electron chi connectivity index (χ3n) is 2.26. The Hall–Kier alpha value is -1.01. The van der Waals surface area contributed by atoms with Crippen LogP contribution in [0.5, 0.6) is 11.5 Å². The van der Waals surface area contributed by atoms with Crippen molar-refractivity contribution >= 4 is 19.7 Å². The molecule has 1 aromatic rings. The van der Waals surface area contributed by atoms with Crippen LogP contribution in [0.2, 0.25) is 0 Å². The van der Waals surface area contributed by atoms with Crippen LogP contribution in [0.4, 0.5) is 4.39 Å². The molecule has 0 spiro atoms. The topological polar surface area (TPSA) is 52.6 Å². The van der Waals surface area contributed by atoms with Crippen LogP contribution in [0.15, 0.2) is 12.1 Å². The summed E-state index contributed by atoms with van der Waals surface area (Å²) in [5, 5.41) is 0. The van der Waals surface area contributed by atoms with Crippen LogP contribution in [0, 0.1) is 0 Å². The lowest BCUT2D eigenvalue weighted by molar-refractivity contribution is 0.170. The highest BCUT2D eigenvalue weighted by Gasteiger charge is 2.21. The van der Waals surface area contributed by atoms with Crippen LogP contribution >= 0.6 is 10.7 Å². The number of alkyl halides is 1. The molecule has 1 aliphatic rings. The Morgan fingerprint density at radius 3 is 2.65 bits per heavy atom. The van der Waals surface area contributed by atoms with Gasteiger partial charge < -0.3 is 9.47 Å². The minimum Gasteiger partial charge on any atom is -0.486 e. The molecular weight excluding hydrogens is 271 g/mol. The van der Waals surface area contributed by atoms with Crippen LogP contribution in [-0.2, 0) is 21.5 Å². The molecular formula is C10H10ClFO4S. The van der Waals surface area contributed by atoms with Crippen molar-refractivity contribution < 1.29 is 22.3 Å². The molecule has 0 bridgehead atoms. The standard InChI is InChI=1S/C10H10ClFO4S/c11-17(13,14)6-8-3-7(5-12)4-9-10(8)16-2-1-15-9/h3-4H,1-2,5-6H2. The predicted molar refractivity (Wildman–Crippen MR) is 60.7 cm³/mol. The summed E-state index contributed by atoms with van der Waals surface area (Å²) in [6.45, 7) is -0.0148. The Morgan fingerprint density at radius 1 is 1.29 bits per heavy atom. The van der Waals surface area contributed by atoms with E-state index in [0.29, 0.717) is 35.8 Å². The molecule has 1 aromatic carbocycles. The van der Waals surface area contributed by atoms with Crippen molar-refractivity contribution in [2.24, 2.45) is 0 Å². The number of fused-ring (bicyclic) bond motifs is 1. The summed E-state index contributed by atoms with van der Waals surface area (Å²) in [6.07, 6.45) is 0. The van der Waals surface area contributed by atoms with Crippen LogP contribution in [0.25, 0.3) is 0 Å². The summed E-state index contributed by atoms with van der Waals surface area (Å²) in [5.74, 6) is 0.285. The van der Waals surface area contributed by atoms with E-state index in [-0.39, 0.29) is 0 Å². The molecule has 0 aromatic heterocycles. The lowest BCUT2D eigenvalue weighted by Gasteiger charge is -2.21. The summed E-state index contributed by atoms with van der Waals surface area (Å²) in [7, 11) is 1.47. The van der Waals surface area contributed by atoms with E-state index in [0.717, 1.165) is 0 Å². The number of hydrogen-bond donors (Lipinski definition) is 0. The molecule has 17 heavy (non-hydrogen) atoms. The van der Waals surface area contributed by atoms with Gasteiger partial charge in [0.05, 0.1) is 5.75 Å². The first-order valence-corrected chi connectivity index (χ1v) is 7.37. The van der Waals surface area contributed by atoms with E-state index < -0.39 is 21.5 Å². The molecule has 0 saturated heterocycles. The maximum atomic E-state index is 12.6. The maximum Gasteiger partial charge on any atom is 0.236 e. The molecule has 4 nitrogen and oxygen atoms in total. The van der Waals surface area contributed by atoms with E-state index in [9.17, 15) is 12.8 Å². The second-order valence-corrected chi connectivity index (χ2v) is 6.37. The quantitative estimate of drug-likeness (QED) is 0.795. The van der Waals surface area contributed by atoms with Gasteiger partial charge in [0.15, 0.2) is 11.5 Å². The average molecular weight is 281 g/mol. The predicted octanol–water partition coefficient (Wildman–Crippen LogP) is 2.00. The SMILES string of the molecule is O=S(=O)(Cl)Cc1cc(CF)cc2c1OCCO2. The number of rotatable bonds is 3. The summed E-state index contributed by atoms with van der Waals surface area (Å²) >= 11 is 0. The third kappa shape index (κ3) is 3.01. The van der Waals surface area contributed by atoms with Gasteiger partial charge in [-0.1, -0.05) is 0 Å². The summed E-state index contributed by atoms with van der Waals surface area (Å²) in [5.41, 5.74) is 0.661. The molecule has 0 unspecified atom stereocenters. The third-order valence-corrected chi connectivity index (χ3v) is 3.24. The molecule has 1 heterocycles. The molecule has 0 atom stereocenters. The second kappa shape index (κ2) is 4.70. The summed E-state index contributed by atoms with van der Waals surface area (Å²) < 4.78 is 45.4. The zero-order valence-electron chi connectivity index (χ0n) is 8.78. The van der Waals surface area contributed by atoms with Crippen molar-refractivity contribution in [3.63, 3.8) is 0 Å². The van der Waals surface area contributed by atoms with Crippen molar-refractivity contribution in [2.75, 3.05) is 13.2 Å². The number of benzene rings is 1. The van der Waals surface area contributed by atoms with Crippen molar-refractivity contribution in [3.8, 4) is 11.5 Å². The number of hydrogen-bond acceptors (Lipinski definition) is 4. The highest BCUT2D eigenvalue weighted by atomic mass is 35.7. The van der Waals surface area contributed by atoms with Crippen molar-refractivity contribution in [3.05, 3.63) is 23.3 Å². The van der Waals surface area contributed by atoms with E-state index in [1.807, 2.05) is 0 Å². The number of halogens is 2. The normalized spacial score (nSPS) is 14.7. The smallest absolute Gasteiger partial charge is 0.236 e. The Morgan fingerprint density at radius 2 is 2.00 bits per heavy atom. The first-order chi connectivity index (χ1) is 7.99. The highest BCUT2D eigenvalue weighted by molar-refractivity contribution is 8.13. The lowest BCUT2D eigenvalue weighted by Crippen LogP contribution is -2.17. The Labute approximate surface area is 103 Å². The first kappa shape index (κ1) is 12.4. The minimum absolute atomic E-state index is 0.324. The van der Waals surface area contributed by atoms with E-state index in [2.05, 4.69) is 0 Å². The van der Waals surface area contributed by atoms with Crippen LogP contribution < -0.4 is 9.47 Å². The second-order valence-electron chi connectivity index (χ2n) is 3.60. The zero-order chi connectivity index (χ0) is 12.5. The Kier molecular flexibility index (Phi) is 3.44. The fourth-order valence-electron chi connectivity index (χ4n) is 1.66. The molecule has 2 rings (SSSR count). The van der Waals surface area contributed by atoms with Crippen molar-refractivity contribution in [2.45, 2.75) is 12.4 Å². The molecule has 1 aliphatic heterocycles. The number of ether oxygens (including phenoxy) is 2. The van der Waals surface area contributed by atoms with Gasteiger partial charge in [0.1, 0.15) is 19.9 Å². The maximum absolute atomic E-state index is 12.6. The van der Waals surface area contributed by atoms with Crippen LogP contribution in [0.1, 0.15) is 11.1 Å². The van der Waals surface area contributed by atoms with Gasteiger partial charge in [0.25, 0.3) is 0 Å². The van der Waals surface area contributed by atoms with E-state index >= 15 is 0 Å². The molecule has 0 N–H and O–H groups in total. The molecule has 0 amide bonds. The fourth-order valence-corrected chi connectivity index (χ4v) is 2.60. The van der Waals surface area contributed by atoms with Crippen LogP contribution in [-0.4, -0.2) is 21.6 Å². The van der Waals surface area contributed by atoms with Gasteiger partial charge in [0, 0.05) is 16.2 Å². The van der Waals surface area contributed by atoms with Crippen molar-refractivity contribution in [1.29, 1.82) is 0 Å². The summed E-state index contributed by atoms with van der Waals surface area (Å²) in [4.78, 5) is 0. The lowest BCUT2D eigenvalue weighted by atomic mass is 10.1. The van der Waals surface area contributed by atoms with Gasteiger partial charge in [-0.25, -0.2) is 12.8 Å². The molecule has 0 radical (unpaired) electrons. The van der Waals surface area contributed by atoms with Gasteiger partial charge >= 0.3 is 0 Å². The van der Waals surface area contributed by atoms with Gasteiger partial charge in [-0.05, 0) is 17.7 Å². The Balaban J connectivity index is 2.48. The Bertz CT molecular complexity index is 529. The largest absolute Gasteiger partial charge is 0.486 e. The van der Waals surface area contributed by atoms with Gasteiger partial charge in [0.2, 0.25) is 9.05 Å². The monoisotopic (exact) mass is 280 g/mol. The minimum atomic E-state index is -3.72. The first-order valence-electron chi connectivity index (χ1n) is 4.89. The van der Waals surface area contributed by atoms with E-state index in [1.165, 1.54) is 12.1 Å². The molecule has 94 valence electrons. The van der Waals surface area contributed by atoms with Gasteiger partial charge in [-0.2, -0.15) is 0 Å². The fraction of sp³-hybridized carbons (Fsp3) is 0.400. The molecule has 0 aliphatic carbocycles. The molecule has 0 fully saturated rings. The van der Waals surface area contributed by atoms with Crippen molar-refractivity contribution in [1.82, 2.24) is 0 Å². The highest BCUT2D eigenvalue weighted by Crippen LogP contribution is 2.36. The van der Waals surface area contributed by atoms with E-state index in [4.69, 9.17) is 20.2 Å². The summed E-state index contributed by atoms with van der Waals surface area (Å²) in [6, 6.07) is 2.92. The van der Waals surface area contributed by atoms with E-state index in [1.54, 1.807) is 0 Å².